The fraction of sp³-hybridized carbons (Fsp3) is 0.611. The largest absolute Gasteiger partial charge is 0.338 e. The van der Waals surface area contributed by atoms with Crippen LogP contribution in [0, 0.1) is 11.8 Å². The van der Waals surface area contributed by atoms with Gasteiger partial charge in [-0.1, -0.05) is 50.1 Å². The summed E-state index contributed by atoms with van der Waals surface area (Å²) >= 11 is 0. The lowest BCUT2D eigenvalue weighted by molar-refractivity contribution is 0.202. The molecule has 1 aromatic carbocycles. The topological polar surface area (TPSA) is 32.3 Å². The van der Waals surface area contributed by atoms with Gasteiger partial charge in [0, 0.05) is 20.1 Å². The number of hydrogen-bond donors (Lipinski definition) is 1. The number of nitrogens with one attached hydrogen (secondary N) is 1. The van der Waals surface area contributed by atoms with Crippen LogP contribution in [0.15, 0.2) is 30.3 Å². The van der Waals surface area contributed by atoms with Crippen molar-refractivity contribution in [2.24, 2.45) is 11.8 Å². The van der Waals surface area contributed by atoms with E-state index in [1.165, 1.54) is 31.2 Å². The van der Waals surface area contributed by atoms with Crippen LogP contribution < -0.4 is 5.32 Å². The van der Waals surface area contributed by atoms with Gasteiger partial charge >= 0.3 is 6.03 Å². The summed E-state index contributed by atoms with van der Waals surface area (Å²) in [5, 5.41) is 3.10. The molecule has 1 N–H and O–H groups in total. The van der Waals surface area contributed by atoms with Gasteiger partial charge in [0.2, 0.25) is 0 Å². The Labute approximate surface area is 128 Å². The van der Waals surface area contributed by atoms with Gasteiger partial charge < -0.3 is 10.2 Å². The Morgan fingerprint density at radius 2 is 2.05 bits per heavy atom. The number of benzene rings is 1. The third-order valence-corrected chi connectivity index (χ3v) is 4.51. The van der Waals surface area contributed by atoms with E-state index in [9.17, 15) is 4.79 Å². The van der Waals surface area contributed by atoms with Crippen molar-refractivity contribution in [2.75, 3.05) is 20.1 Å². The second kappa shape index (κ2) is 8.06. The molecule has 0 aliphatic heterocycles. The molecule has 2 rings (SSSR count). The summed E-state index contributed by atoms with van der Waals surface area (Å²) in [6, 6.07) is 10.4. The molecule has 2 amide bonds. The molecule has 1 aliphatic rings. The minimum atomic E-state index is 0.0594. The molecule has 1 fully saturated rings. The van der Waals surface area contributed by atoms with Crippen molar-refractivity contribution in [3.63, 3.8) is 0 Å². The zero-order valence-corrected chi connectivity index (χ0v) is 13.3. The van der Waals surface area contributed by atoms with Crippen molar-refractivity contribution < 1.29 is 4.79 Å². The fourth-order valence-corrected chi connectivity index (χ4v) is 3.15. The standard InChI is InChI=1S/C18H28N2O/c1-15-7-6-10-17(13-15)14-19-18(21)20(2)12-11-16-8-4-3-5-9-16/h3-5,8-9,15,17H,6-7,10-14H2,1-2H3,(H,19,21). The molecule has 2 atom stereocenters. The monoisotopic (exact) mass is 288 g/mol. The van der Waals surface area contributed by atoms with Crippen LogP contribution >= 0.6 is 0 Å². The normalized spacial score (nSPS) is 21.8. The van der Waals surface area contributed by atoms with E-state index in [1.54, 1.807) is 4.90 Å². The maximum absolute atomic E-state index is 12.1. The van der Waals surface area contributed by atoms with Crippen molar-refractivity contribution in [2.45, 2.75) is 39.0 Å². The average molecular weight is 288 g/mol. The molecule has 1 aromatic rings. The van der Waals surface area contributed by atoms with E-state index < -0.39 is 0 Å². The van der Waals surface area contributed by atoms with Gasteiger partial charge in [0.1, 0.15) is 0 Å². The Kier molecular flexibility index (Phi) is 6.09. The van der Waals surface area contributed by atoms with Crippen LogP contribution in [-0.2, 0) is 6.42 Å². The van der Waals surface area contributed by atoms with Crippen LogP contribution in [0.4, 0.5) is 4.79 Å². The van der Waals surface area contributed by atoms with Gasteiger partial charge in [-0.3, -0.25) is 0 Å². The van der Waals surface area contributed by atoms with E-state index in [4.69, 9.17) is 0 Å². The lowest BCUT2D eigenvalue weighted by Crippen LogP contribution is -2.41. The first-order valence-electron chi connectivity index (χ1n) is 8.18. The van der Waals surface area contributed by atoms with E-state index in [0.717, 1.165) is 25.4 Å². The van der Waals surface area contributed by atoms with Crippen molar-refractivity contribution in [3.8, 4) is 0 Å². The van der Waals surface area contributed by atoms with Crippen LogP contribution in [0.1, 0.15) is 38.2 Å². The molecule has 0 bridgehead atoms. The summed E-state index contributed by atoms with van der Waals surface area (Å²) in [7, 11) is 1.88. The fourth-order valence-electron chi connectivity index (χ4n) is 3.15. The number of urea groups is 1. The highest BCUT2D eigenvalue weighted by Crippen LogP contribution is 2.27. The summed E-state index contributed by atoms with van der Waals surface area (Å²) < 4.78 is 0. The van der Waals surface area contributed by atoms with Crippen LogP contribution in [-0.4, -0.2) is 31.1 Å². The van der Waals surface area contributed by atoms with Crippen molar-refractivity contribution in [1.29, 1.82) is 0 Å². The molecule has 0 saturated heterocycles. The molecule has 116 valence electrons. The molecular formula is C18H28N2O. The van der Waals surface area contributed by atoms with E-state index in [0.29, 0.717) is 5.92 Å². The number of carbonyl (C=O) groups is 1. The van der Waals surface area contributed by atoms with Crippen molar-refractivity contribution in [3.05, 3.63) is 35.9 Å². The Morgan fingerprint density at radius 1 is 1.29 bits per heavy atom. The van der Waals surface area contributed by atoms with Crippen LogP contribution in [0.3, 0.4) is 0 Å². The van der Waals surface area contributed by atoms with Gasteiger partial charge in [0.15, 0.2) is 0 Å². The number of likely N-dealkylation sites (N-methyl/N-ethyl adjacent to an activating group) is 1. The molecule has 21 heavy (non-hydrogen) atoms. The second-order valence-corrected chi connectivity index (χ2v) is 6.48. The van der Waals surface area contributed by atoms with Crippen LogP contribution in [0.2, 0.25) is 0 Å². The highest BCUT2D eigenvalue weighted by molar-refractivity contribution is 5.73. The zero-order chi connectivity index (χ0) is 15.1. The molecule has 2 unspecified atom stereocenters. The maximum atomic E-state index is 12.1. The molecule has 3 heteroatoms. The molecule has 0 spiro atoms. The van der Waals surface area contributed by atoms with E-state index in [-0.39, 0.29) is 6.03 Å². The van der Waals surface area contributed by atoms with Crippen LogP contribution in [0.5, 0.6) is 0 Å². The van der Waals surface area contributed by atoms with Gasteiger partial charge in [0.25, 0.3) is 0 Å². The third kappa shape index (κ3) is 5.41. The molecule has 0 aromatic heterocycles. The summed E-state index contributed by atoms with van der Waals surface area (Å²) in [6.07, 6.45) is 6.09. The summed E-state index contributed by atoms with van der Waals surface area (Å²) in [5.41, 5.74) is 1.28. The summed E-state index contributed by atoms with van der Waals surface area (Å²) in [5.74, 6) is 1.48. The van der Waals surface area contributed by atoms with E-state index in [2.05, 4.69) is 24.4 Å². The Morgan fingerprint density at radius 3 is 2.76 bits per heavy atom. The molecule has 0 heterocycles. The number of amides is 2. The number of rotatable bonds is 5. The van der Waals surface area contributed by atoms with Crippen LogP contribution in [0.25, 0.3) is 0 Å². The Bertz CT molecular complexity index is 432. The molecule has 1 saturated carbocycles. The maximum Gasteiger partial charge on any atom is 0.317 e. The number of hydrogen-bond acceptors (Lipinski definition) is 1. The minimum absolute atomic E-state index is 0.0594. The summed E-state index contributed by atoms with van der Waals surface area (Å²) in [6.45, 7) is 3.91. The van der Waals surface area contributed by atoms with Crippen molar-refractivity contribution in [1.82, 2.24) is 10.2 Å². The Balaban J connectivity index is 1.67. The lowest BCUT2D eigenvalue weighted by atomic mass is 9.82. The van der Waals surface area contributed by atoms with Gasteiger partial charge in [-0.05, 0) is 36.7 Å². The zero-order valence-electron chi connectivity index (χ0n) is 13.3. The highest BCUT2D eigenvalue weighted by atomic mass is 16.2. The molecule has 0 radical (unpaired) electrons. The summed E-state index contributed by atoms with van der Waals surface area (Å²) in [4.78, 5) is 13.9. The molecule has 1 aliphatic carbocycles. The molecular weight excluding hydrogens is 260 g/mol. The first kappa shape index (κ1) is 15.9. The smallest absolute Gasteiger partial charge is 0.317 e. The number of nitrogens with zero attached hydrogens (tertiary/aromatic N) is 1. The molecule has 3 nitrogen and oxygen atoms in total. The number of carbonyl (C=O) groups excluding carboxylic acids is 1. The van der Waals surface area contributed by atoms with Gasteiger partial charge in [-0.15, -0.1) is 0 Å². The quantitative estimate of drug-likeness (QED) is 0.880. The minimum Gasteiger partial charge on any atom is -0.338 e. The van der Waals surface area contributed by atoms with Crippen molar-refractivity contribution >= 4 is 6.03 Å². The average Bonchev–Trinajstić information content (AvgIpc) is 2.51. The predicted octanol–water partition coefficient (Wildman–Crippen LogP) is 3.70. The third-order valence-electron chi connectivity index (χ3n) is 4.51. The van der Waals surface area contributed by atoms with Gasteiger partial charge in [0.05, 0.1) is 0 Å². The first-order valence-corrected chi connectivity index (χ1v) is 8.18. The lowest BCUT2D eigenvalue weighted by Gasteiger charge is -2.27. The second-order valence-electron chi connectivity index (χ2n) is 6.48. The van der Waals surface area contributed by atoms with E-state index in [1.807, 2.05) is 25.2 Å². The van der Waals surface area contributed by atoms with Gasteiger partial charge in [-0.25, -0.2) is 4.79 Å². The first-order chi connectivity index (χ1) is 10.1. The Hall–Kier alpha value is -1.51. The SMILES string of the molecule is CC1CCCC(CNC(=O)N(C)CCc2ccccc2)C1. The highest BCUT2D eigenvalue weighted by Gasteiger charge is 2.19. The predicted molar refractivity (Wildman–Crippen MR) is 87.3 cm³/mol. The van der Waals surface area contributed by atoms with Gasteiger partial charge in [-0.2, -0.15) is 0 Å². The van der Waals surface area contributed by atoms with E-state index >= 15 is 0 Å².